The van der Waals surface area contributed by atoms with Crippen LogP contribution in [0.25, 0.3) is 0 Å². The van der Waals surface area contributed by atoms with E-state index in [1.54, 1.807) is 19.9 Å². The summed E-state index contributed by atoms with van der Waals surface area (Å²) >= 11 is 3.33. The zero-order chi connectivity index (χ0) is 14.5. The van der Waals surface area contributed by atoms with Gasteiger partial charge in [-0.2, -0.15) is 0 Å². The second kappa shape index (κ2) is 6.56. The first-order valence-corrected chi connectivity index (χ1v) is 6.65. The smallest absolute Gasteiger partial charge is 0.319 e. The molecule has 1 aromatic rings. The zero-order valence-electron chi connectivity index (χ0n) is 10.9. The number of nitrogens with one attached hydrogen (secondary N) is 2. The molecular formula is C13H17BrN2O3. The van der Waals surface area contributed by atoms with Gasteiger partial charge in [-0.05, 0) is 48.3 Å². The maximum atomic E-state index is 11.8. The van der Waals surface area contributed by atoms with Gasteiger partial charge >= 0.3 is 12.0 Å². The van der Waals surface area contributed by atoms with Gasteiger partial charge in [0.05, 0.1) is 5.69 Å². The fourth-order valence-electron chi connectivity index (χ4n) is 1.51. The molecule has 0 aliphatic heterocycles. The Morgan fingerprint density at radius 2 is 1.95 bits per heavy atom. The predicted molar refractivity (Wildman–Crippen MR) is 77.2 cm³/mol. The van der Waals surface area contributed by atoms with E-state index in [0.717, 1.165) is 4.47 Å². The number of benzene rings is 1. The van der Waals surface area contributed by atoms with Crippen molar-refractivity contribution in [2.75, 3.05) is 5.32 Å². The lowest BCUT2D eigenvalue weighted by molar-refractivity contribution is -0.137. The van der Waals surface area contributed by atoms with E-state index in [1.165, 1.54) is 0 Å². The highest BCUT2D eigenvalue weighted by Gasteiger charge is 2.21. The van der Waals surface area contributed by atoms with Crippen molar-refractivity contribution < 1.29 is 14.7 Å². The van der Waals surface area contributed by atoms with E-state index in [-0.39, 0.29) is 12.5 Å². The summed E-state index contributed by atoms with van der Waals surface area (Å²) in [4.78, 5) is 22.4. The number of carbonyl (C=O) groups excluding carboxylic acids is 1. The van der Waals surface area contributed by atoms with Gasteiger partial charge in [-0.15, -0.1) is 0 Å². The van der Waals surface area contributed by atoms with Crippen molar-refractivity contribution in [1.29, 1.82) is 0 Å². The number of anilines is 1. The number of halogens is 1. The Morgan fingerprint density at radius 3 is 2.53 bits per heavy atom. The molecule has 0 spiro atoms. The van der Waals surface area contributed by atoms with E-state index in [4.69, 9.17) is 5.11 Å². The van der Waals surface area contributed by atoms with Crippen LogP contribution < -0.4 is 10.6 Å². The van der Waals surface area contributed by atoms with Crippen molar-refractivity contribution in [2.45, 2.75) is 32.2 Å². The van der Waals surface area contributed by atoms with Crippen LogP contribution in [0, 0.1) is 0 Å². The fourth-order valence-corrected chi connectivity index (χ4v) is 1.89. The van der Waals surface area contributed by atoms with E-state index in [0.29, 0.717) is 12.1 Å². The number of rotatable bonds is 5. The Kier molecular flexibility index (Phi) is 5.35. The minimum atomic E-state index is -0.874. The van der Waals surface area contributed by atoms with Crippen molar-refractivity contribution in [2.24, 2.45) is 0 Å². The molecule has 0 radical (unpaired) electrons. The number of urea groups is 1. The monoisotopic (exact) mass is 328 g/mol. The SMILES string of the molecule is CC(C)(CCC(=O)O)NC(=O)Nc1ccccc1Br. The molecule has 0 saturated heterocycles. The normalized spacial score (nSPS) is 10.9. The molecule has 0 unspecified atom stereocenters. The number of carboxylic acids is 1. The van der Waals surface area contributed by atoms with Crippen LogP contribution in [0.3, 0.4) is 0 Å². The summed E-state index contributed by atoms with van der Waals surface area (Å²) in [7, 11) is 0. The molecule has 5 nitrogen and oxygen atoms in total. The quantitative estimate of drug-likeness (QED) is 0.776. The Hall–Kier alpha value is -1.56. The van der Waals surface area contributed by atoms with Crippen LogP contribution in [0.1, 0.15) is 26.7 Å². The van der Waals surface area contributed by atoms with Gasteiger partial charge in [0.25, 0.3) is 0 Å². The molecule has 0 fully saturated rings. The van der Waals surface area contributed by atoms with Crippen LogP contribution in [0.4, 0.5) is 10.5 Å². The Bertz CT molecular complexity index is 475. The van der Waals surface area contributed by atoms with Crippen molar-refractivity contribution >= 4 is 33.6 Å². The molecule has 0 aromatic heterocycles. The largest absolute Gasteiger partial charge is 0.481 e. The van der Waals surface area contributed by atoms with Gasteiger partial charge in [0.1, 0.15) is 0 Å². The number of carbonyl (C=O) groups is 2. The highest BCUT2D eigenvalue weighted by Crippen LogP contribution is 2.21. The maximum absolute atomic E-state index is 11.8. The van der Waals surface area contributed by atoms with Crippen LogP contribution in [0.2, 0.25) is 0 Å². The Morgan fingerprint density at radius 1 is 1.32 bits per heavy atom. The molecule has 0 aliphatic rings. The molecule has 1 aromatic carbocycles. The number of amides is 2. The molecule has 0 saturated carbocycles. The van der Waals surface area contributed by atoms with E-state index in [1.807, 2.05) is 18.2 Å². The van der Waals surface area contributed by atoms with Crippen molar-refractivity contribution in [1.82, 2.24) is 5.32 Å². The molecule has 3 N–H and O–H groups in total. The standard InChI is InChI=1S/C13H17BrN2O3/c1-13(2,8-7-11(17)18)16-12(19)15-10-6-4-3-5-9(10)14/h3-6H,7-8H2,1-2H3,(H,17,18)(H2,15,16,19). The number of carboxylic acid groups (broad SMARTS) is 1. The minimum absolute atomic E-state index is 0.0162. The first kappa shape index (κ1) is 15.5. The third-order valence-electron chi connectivity index (χ3n) is 2.54. The second-order valence-electron chi connectivity index (χ2n) is 4.84. The van der Waals surface area contributed by atoms with Crippen LogP contribution in [-0.4, -0.2) is 22.6 Å². The van der Waals surface area contributed by atoms with Gasteiger partial charge in [0.2, 0.25) is 0 Å². The van der Waals surface area contributed by atoms with Gasteiger partial charge in [0, 0.05) is 16.4 Å². The van der Waals surface area contributed by atoms with E-state index >= 15 is 0 Å². The molecule has 0 heterocycles. The highest BCUT2D eigenvalue weighted by molar-refractivity contribution is 9.10. The molecule has 0 aliphatic carbocycles. The molecule has 19 heavy (non-hydrogen) atoms. The molecule has 1 rings (SSSR count). The number of hydrogen-bond donors (Lipinski definition) is 3. The van der Waals surface area contributed by atoms with Crippen LogP contribution in [-0.2, 0) is 4.79 Å². The summed E-state index contributed by atoms with van der Waals surface area (Å²) in [5.41, 5.74) is 0.0815. The number of para-hydroxylation sites is 1. The minimum Gasteiger partial charge on any atom is -0.481 e. The van der Waals surface area contributed by atoms with E-state index < -0.39 is 11.5 Å². The lowest BCUT2D eigenvalue weighted by atomic mass is 9.99. The van der Waals surface area contributed by atoms with Gasteiger partial charge in [-0.25, -0.2) is 4.79 Å². The third-order valence-corrected chi connectivity index (χ3v) is 3.23. The van der Waals surface area contributed by atoms with E-state index in [9.17, 15) is 9.59 Å². The molecule has 0 atom stereocenters. The molecule has 0 bridgehead atoms. The molecule has 6 heteroatoms. The van der Waals surface area contributed by atoms with Crippen LogP contribution >= 0.6 is 15.9 Å². The van der Waals surface area contributed by atoms with Gasteiger partial charge in [0.15, 0.2) is 0 Å². The number of aliphatic carboxylic acids is 1. The fraction of sp³-hybridized carbons (Fsp3) is 0.385. The van der Waals surface area contributed by atoms with Gasteiger partial charge in [-0.3, -0.25) is 4.79 Å². The summed E-state index contributed by atoms with van der Waals surface area (Å²) in [5, 5.41) is 14.1. The summed E-state index contributed by atoms with van der Waals surface area (Å²) < 4.78 is 0.786. The lowest BCUT2D eigenvalue weighted by Crippen LogP contribution is -2.45. The first-order chi connectivity index (χ1) is 8.80. The average Bonchev–Trinajstić information content (AvgIpc) is 2.29. The van der Waals surface area contributed by atoms with Gasteiger partial charge in [-0.1, -0.05) is 12.1 Å². The second-order valence-corrected chi connectivity index (χ2v) is 5.69. The summed E-state index contributed by atoms with van der Waals surface area (Å²) in [6.07, 6.45) is 0.383. The Labute approximate surface area is 120 Å². The third kappa shape index (κ3) is 5.74. The number of hydrogen-bond acceptors (Lipinski definition) is 2. The molecule has 104 valence electrons. The van der Waals surface area contributed by atoms with Crippen LogP contribution in [0.15, 0.2) is 28.7 Å². The topological polar surface area (TPSA) is 78.4 Å². The van der Waals surface area contributed by atoms with Crippen LogP contribution in [0.5, 0.6) is 0 Å². The summed E-state index contributed by atoms with van der Waals surface area (Å²) in [5.74, 6) is -0.874. The van der Waals surface area contributed by atoms with Crippen molar-refractivity contribution in [3.63, 3.8) is 0 Å². The van der Waals surface area contributed by atoms with Crippen molar-refractivity contribution in [3.8, 4) is 0 Å². The maximum Gasteiger partial charge on any atom is 0.319 e. The Balaban J connectivity index is 2.55. The highest BCUT2D eigenvalue weighted by atomic mass is 79.9. The predicted octanol–water partition coefficient (Wildman–Crippen LogP) is 3.21. The molecular weight excluding hydrogens is 312 g/mol. The van der Waals surface area contributed by atoms with Crippen molar-refractivity contribution in [3.05, 3.63) is 28.7 Å². The summed E-state index contributed by atoms with van der Waals surface area (Å²) in [6.45, 7) is 3.57. The zero-order valence-corrected chi connectivity index (χ0v) is 12.5. The first-order valence-electron chi connectivity index (χ1n) is 5.86. The summed E-state index contributed by atoms with van der Waals surface area (Å²) in [6, 6.07) is 6.90. The lowest BCUT2D eigenvalue weighted by Gasteiger charge is -2.25. The average molecular weight is 329 g/mol. The van der Waals surface area contributed by atoms with Gasteiger partial charge < -0.3 is 15.7 Å². The van der Waals surface area contributed by atoms with E-state index in [2.05, 4.69) is 26.6 Å². The molecule has 2 amide bonds.